The fourth-order valence-corrected chi connectivity index (χ4v) is 6.18. The number of rotatable bonds is 4. The minimum Gasteiger partial charge on any atom is -0.386 e. The van der Waals surface area contributed by atoms with Gasteiger partial charge in [0.2, 0.25) is 0 Å². The molecule has 2 aliphatic rings. The first kappa shape index (κ1) is 23.3. The van der Waals surface area contributed by atoms with Gasteiger partial charge in [0.25, 0.3) is 0 Å². The van der Waals surface area contributed by atoms with Crippen LogP contribution in [0.25, 0.3) is 20.9 Å². The van der Waals surface area contributed by atoms with E-state index in [0.29, 0.717) is 0 Å². The maximum Gasteiger partial charge on any atom is 0.167 e. The fraction of sp³-hybridized carbons (Fsp3) is 0.167. The smallest absolute Gasteiger partial charge is 0.167 e. The summed E-state index contributed by atoms with van der Waals surface area (Å²) in [5.41, 5.74) is 2.28. The molecule has 0 saturated heterocycles. The van der Waals surface area contributed by atoms with Crippen molar-refractivity contribution >= 4 is 63.8 Å². The molecule has 0 N–H and O–H groups in total. The van der Waals surface area contributed by atoms with Crippen molar-refractivity contribution in [1.29, 1.82) is 0 Å². The van der Waals surface area contributed by atoms with Crippen molar-refractivity contribution in [3.05, 3.63) is 83.1 Å². The summed E-state index contributed by atoms with van der Waals surface area (Å²) >= 11 is 10.1. The maximum atomic E-state index is 5.34. The molecule has 172 valence electrons. The van der Waals surface area contributed by atoms with Gasteiger partial charge in [0, 0.05) is 68.3 Å². The van der Waals surface area contributed by atoms with Crippen LogP contribution in [0.2, 0.25) is 0 Å². The molecule has 0 saturated carbocycles. The molecule has 0 aliphatic carbocycles. The van der Waals surface area contributed by atoms with Crippen LogP contribution in [0.3, 0.4) is 0 Å². The Hall–Kier alpha value is -2.40. The highest BCUT2D eigenvalue weighted by molar-refractivity contribution is 9.18. The number of aromatic nitrogens is 2. The van der Waals surface area contributed by atoms with Gasteiger partial charge in [0.1, 0.15) is 9.24 Å². The standard InChI is InChI=1S/2C12H9BrN2OS/c2*13-12-6-9(16-15-12)11-4-3-10(17-11)8-2-1-5-14-7-8/h2*1-5,7,9H,6H2/t2*9-/m10/s1. The average molecular weight is 618 g/mol. The molecule has 34 heavy (non-hydrogen) atoms. The lowest BCUT2D eigenvalue weighted by molar-refractivity contribution is 0.0883. The third kappa shape index (κ3) is 5.63. The normalized spacial score (nSPS) is 18.9. The van der Waals surface area contributed by atoms with Gasteiger partial charge >= 0.3 is 0 Å². The zero-order valence-corrected chi connectivity index (χ0v) is 22.5. The molecule has 0 amide bonds. The van der Waals surface area contributed by atoms with E-state index in [4.69, 9.17) is 9.68 Å². The molecule has 6 rings (SSSR count). The number of hydrogen-bond acceptors (Lipinski definition) is 8. The molecule has 4 aromatic rings. The van der Waals surface area contributed by atoms with Gasteiger partial charge < -0.3 is 9.68 Å². The predicted molar refractivity (Wildman–Crippen MR) is 145 cm³/mol. The molecule has 6 nitrogen and oxygen atoms in total. The van der Waals surface area contributed by atoms with Gasteiger partial charge in [0.15, 0.2) is 12.2 Å². The Morgan fingerprint density at radius 3 is 1.50 bits per heavy atom. The minimum absolute atomic E-state index is 0.0554. The van der Waals surface area contributed by atoms with Crippen molar-refractivity contribution in [2.75, 3.05) is 0 Å². The van der Waals surface area contributed by atoms with Crippen LogP contribution in [0.15, 0.2) is 83.6 Å². The average Bonchev–Trinajstić information content (AvgIpc) is 3.67. The number of hydrogen-bond donors (Lipinski definition) is 0. The van der Waals surface area contributed by atoms with Gasteiger partial charge in [0.05, 0.1) is 0 Å². The van der Waals surface area contributed by atoms with Crippen molar-refractivity contribution < 1.29 is 9.68 Å². The molecule has 0 spiro atoms. The summed E-state index contributed by atoms with van der Waals surface area (Å²) in [6.45, 7) is 0. The van der Waals surface area contributed by atoms with E-state index in [1.165, 1.54) is 19.5 Å². The Bertz CT molecular complexity index is 1210. The van der Waals surface area contributed by atoms with Crippen LogP contribution in [-0.4, -0.2) is 19.2 Å². The number of pyridine rings is 2. The minimum atomic E-state index is 0.0554. The van der Waals surface area contributed by atoms with Gasteiger partial charge in [-0.05, 0) is 68.3 Å². The summed E-state index contributed by atoms with van der Waals surface area (Å²) in [6, 6.07) is 16.4. The van der Waals surface area contributed by atoms with Crippen molar-refractivity contribution in [3.63, 3.8) is 0 Å². The SMILES string of the molecule is BrC1=NO[C@@H](c2ccc(-c3cccnc3)s2)C1.BrC1=NO[C@H](c2ccc(-c3cccnc3)s2)C1. The first-order valence-corrected chi connectivity index (χ1v) is 13.6. The zero-order chi connectivity index (χ0) is 23.3. The highest BCUT2D eigenvalue weighted by Crippen LogP contribution is 2.38. The van der Waals surface area contributed by atoms with E-state index in [0.717, 1.165) is 33.2 Å². The van der Waals surface area contributed by atoms with Gasteiger partial charge in [-0.15, -0.1) is 22.7 Å². The predicted octanol–water partition coefficient (Wildman–Crippen LogP) is 7.96. The van der Waals surface area contributed by atoms with E-state index >= 15 is 0 Å². The van der Waals surface area contributed by atoms with Crippen LogP contribution in [-0.2, 0) is 9.68 Å². The first-order valence-electron chi connectivity index (χ1n) is 10.4. The number of halogens is 2. The second-order valence-corrected chi connectivity index (χ2v) is 11.5. The van der Waals surface area contributed by atoms with Crippen LogP contribution in [0.1, 0.15) is 34.8 Å². The molecule has 0 radical (unpaired) electrons. The third-order valence-electron chi connectivity index (χ3n) is 5.05. The summed E-state index contributed by atoms with van der Waals surface area (Å²) in [4.78, 5) is 23.7. The van der Waals surface area contributed by atoms with Crippen LogP contribution in [0.4, 0.5) is 0 Å². The number of nitrogens with zero attached hydrogens (tertiary/aromatic N) is 4. The Morgan fingerprint density at radius 2 is 1.15 bits per heavy atom. The van der Waals surface area contributed by atoms with Gasteiger partial charge in [-0.25, -0.2) is 0 Å². The largest absolute Gasteiger partial charge is 0.386 e. The van der Waals surface area contributed by atoms with Crippen molar-refractivity contribution in [2.24, 2.45) is 10.3 Å². The maximum absolute atomic E-state index is 5.34. The number of thiophene rings is 2. The Morgan fingerprint density at radius 1 is 0.676 bits per heavy atom. The molecule has 0 fully saturated rings. The summed E-state index contributed by atoms with van der Waals surface area (Å²) < 4.78 is 1.75. The second kappa shape index (κ2) is 10.9. The van der Waals surface area contributed by atoms with E-state index in [-0.39, 0.29) is 12.2 Å². The summed E-state index contributed by atoms with van der Waals surface area (Å²) in [6.07, 6.45) is 9.04. The topological polar surface area (TPSA) is 69.0 Å². The zero-order valence-electron chi connectivity index (χ0n) is 17.7. The van der Waals surface area contributed by atoms with Gasteiger partial charge in [-0.3, -0.25) is 9.97 Å². The van der Waals surface area contributed by atoms with Crippen molar-refractivity contribution in [1.82, 2.24) is 9.97 Å². The van der Waals surface area contributed by atoms with Crippen LogP contribution >= 0.6 is 54.5 Å². The van der Waals surface area contributed by atoms with Gasteiger partial charge in [-0.2, -0.15) is 0 Å². The molecule has 2 aliphatic heterocycles. The first-order chi connectivity index (χ1) is 16.7. The van der Waals surface area contributed by atoms with E-state index < -0.39 is 0 Å². The monoisotopic (exact) mass is 616 g/mol. The highest BCUT2D eigenvalue weighted by Gasteiger charge is 2.24. The molecular formula is C24H18Br2N4O2S2. The Labute approximate surface area is 221 Å². The van der Waals surface area contributed by atoms with E-state index in [2.05, 4.69) is 88.5 Å². The van der Waals surface area contributed by atoms with Crippen LogP contribution in [0, 0.1) is 0 Å². The fourth-order valence-electron chi connectivity index (χ4n) is 3.38. The lowest BCUT2D eigenvalue weighted by Crippen LogP contribution is -1.92. The van der Waals surface area contributed by atoms with Crippen molar-refractivity contribution in [2.45, 2.75) is 25.0 Å². The molecule has 0 unspecified atom stereocenters. The third-order valence-corrected chi connectivity index (χ3v) is 8.44. The van der Waals surface area contributed by atoms with E-state index in [1.54, 1.807) is 35.1 Å². The summed E-state index contributed by atoms with van der Waals surface area (Å²) in [7, 11) is 0. The second-order valence-electron chi connectivity index (χ2n) is 7.42. The molecule has 0 bridgehead atoms. The van der Waals surface area contributed by atoms with Crippen LogP contribution < -0.4 is 0 Å². The van der Waals surface area contributed by atoms with Gasteiger partial charge in [-0.1, -0.05) is 22.4 Å². The summed E-state index contributed by atoms with van der Waals surface area (Å²) in [5, 5.41) is 7.81. The molecule has 4 aromatic heterocycles. The molecule has 6 heterocycles. The van der Waals surface area contributed by atoms with E-state index in [1.807, 2.05) is 24.5 Å². The highest BCUT2D eigenvalue weighted by atomic mass is 79.9. The lowest BCUT2D eigenvalue weighted by atomic mass is 10.2. The molecule has 10 heteroatoms. The van der Waals surface area contributed by atoms with Crippen molar-refractivity contribution in [3.8, 4) is 20.9 Å². The molecular weight excluding hydrogens is 600 g/mol. The quantitative estimate of drug-likeness (QED) is 0.233. The van der Waals surface area contributed by atoms with E-state index in [9.17, 15) is 0 Å². The Kier molecular flexibility index (Phi) is 7.48. The van der Waals surface area contributed by atoms with Crippen LogP contribution in [0.5, 0.6) is 0 Å². The Balaban J connectivity index is 0.000000142. The summed E-state index contributed by atoms with van der Waals surface area (Å²) in [5.74, 6) is 0. The number of oxime groups is 2. The lowest BCUT2D eigenvalue weighted by Gasteiger charge is -2.03. The molecule has 2 atom stereocenters. The molecule has 0 aromatic carbocycles.